The van der Waals surface area contributed by atoms with E-state index in [0.717, 1.165) is 14.2 Å². The zero-order valence-electron chi connectivity index (χ0n) is 10.1. The van der Waals surface area contributed by atoms with Gasteiger partial charge in [-0.25, -0.2) is 4.79 Å². The molecule has 10 heteroatoms. The zero-order valence-corrected chi connectivity index (χ0v) is 11.0. The lowest BCUT2D eigenvalue weighted by atomic mass is 10.5. The van der Waals surface area contributed by atoms with E-state index >= 15 is 0 Å². The van der Waals surface area contributed by atoms with Crippen molar-refractivity contribution in [3.05, 3.63) is 0 Å². The largest absolute Gasteiger partial charge is 0.437 e. The maximum Gasteiger partial charge on any atom is 0.437 e. The van der Waals surface area contributed by atoms with Gasteiger partial charge in [0.15, 0.2) is 0 Å². The van der Waals surface area contributed by atoms with Gasteiger partial charge in [0.05, 0.1) is 0 Å². The number of alkyl carbamates (subject to hydrolysis) is 1. The smallest absolute Gasteiger partial charge is 0.423 e. The highest BCUT2D eigenvalue weighted by atomic mass is 31.2. The first kappa shape index (κ1) is 17.2. The second kappa shape index (κ2) is 6.96. The van der Waals surface area contributed by atoms with Gasteiger partial charge in [0.25, 0.3) is 5.85 Å². The number of alkyl halides is 3. The number of hydrogen-bond donors (Lipinski definition) is 1. The lowest BCUT2D eigenvalue weighted by molar-refractivity contribution is -0.182. The van der Waals surface area contributed by atoms with Crippen LogP contribution < -0.4 is 5.32 Å². The Morgan fingerprint density at radius 2 is 1.83 bits per heavy atom. The summed E-state index contributed by atoms with van der Waals surface area (Å²) in [6, 6.07) is 0. The summed E-state index contributed by atoms with van der Waals surface area (Å²) in [4.78, 5) is 11.1. The summed E-state index contributed by atoms with van der Waals surface area (Å²) in [7, 11) is -3.06. The van der Waals surface area contributed by atoms with Crippen LogP contribution in [0.1, 0.15) is 13.3 Å². The number of nitrogens with one attached hydrogen (secondary N) is 1. The average Bonchev–Trinajstić information content (AvgIpc) is 2.31. The Balaban J connectivity index is 4.93. The molecular weight excluding hydrogens is 278 g/mol. The number of rotatable bonds is 6. The van der Waals surface area contributed by atoms with Crippen LogP contribution >= 0.6 is 7.60 Å². The SMILES string of the molecule is CCCNC(=O)OC(C(F)(F)F)P(=O)(OC)OC. The van der Waals surface area contributed by atoms with Crippen molar-refractivity contribution in [2.45, 2.75) is 25.4 Å². The van der Waals surface area contributed by atoms with E-state index in [2.05, 4.69) is 19.1 Å². The molecule has 0 saturated heterocycles. The van der Waals surface area contributed by atoms with Gasteiger partial charge in [0.1, 0.15) is 0 Å². The molecule has 0 radical (unpaired) electrons. The Hall–Kier alpha value is -0.790. The molecule has 0 aliphatic rings. The Labute approximate surface area is 102 Å². The molecule has 0 aliphatic heterocycles. The minimum absolute atomic E-state index is 0.133. The van der Waals surface area contributed by atoms with E-state index in [-0.39, 0.29) is 6.54 Å². The fraction of sp³-hybridized carbons (Fsp3) is 0.875. The standard InChI is InChI=1S/C8H15F3NO5P/c1-4-5-12-7(13)17-6(8(9,10)11)18(14,15-2)16-3/h6H,4-5H2,1-3H3,(H,12,13). The molecule has 6 nitrogen and oxygen atoms in total. The molecule has 1 unspecified atom stereocenters. The summed E-state index contributed by atoms with van der Waals surface area (Å²) in [5.41, 5.74) is 0. The van der Waals surface area contributed by atoms with Crippen LogP contribution in [0.25, 0.3) is 0 Å². The number of carbonyl (C=O) groups is 1. The van der Waals surface area contributed by atoms with Crippen molar-refractivity contribution in [1.29, 1.82) is 0 Å². The first-order valence-corrected chi connectivity index (χ1v) is 6.54. The summed E-state index contributed by atoms with van der Waals surface area (Å²) < 4.78 is 62.0. The van der Waals surface area contributed by atoms with E-state index in [0.29, 0.717) is 6.42 Å². The quantitative estimate of drug-likeness (QED) is 0.762. The van der Waals surface area contributed by atoms with Gasteiger partial charge >= 0.3 is 19.9 Å². The van der Waals surface area contributed by atoms with Crippen molar-refractivity contribution in [1.82, 2.24) is 5.32 Å². The molecule has 0 fully saturated rings. The van der Waals surface area contributed by atoms with Crippen LogP contribution in [0.5, 0.6) is 0 Å². The summed E-state index contributed by atoms with van der Waals surface area (Å²) in [5, 5.41) is 2.06. The Morgan fingerprint density at radius 1 is 1.33 bits per heavy atom. The summed E-state index contributed by atoms with van der Waals surface area (Å²) in [6.45, 7) is 1.84. The van der Waals surface area contributed by atoms with Crippen LogP contribution in [0.3, 0.4) is 0 Å². The van der Waals surface area contributed by atoms with Crippen molar-refractivity contribution in [2.24, 2.45) is 0 Å². The van der Waals surface area contributed by atoms with Crippen LogP contribution in [0.4, 0.5) is 18.0 Å². The van der Waals surface area contributed by atoms with Crippen LogP contribution in [-0.2, 0) is 18.3 Å². The van der Waals surface area contributed by atoms with E-state index in [9.17, 15) is 22.5 Å². The monoisotopic (exact) mass is 293 g/mol. The minimum atomic E-state index is -5.06. The zero-order chi connectivity index (χ0) is 14.4. The molecular formula is C8H15F3NO5P. The highest BCUT2D eigenvalue weighted by Crippen LogP contribution is 2.57. The van der Waals surface area contributed by atoms with E-state index < -0.39 is 25.7 Å². The van der Waals surface area contributed by atoms with Crippen LogP contribution in [0, 0.1) is 0 Å². The lowest BCUT2D eigenvalue weighted by Gasteiger charge is -2.25. The van der Waals surface area contributed by atoms with Crippen LogP contribution in [0.15, 0.2) is 0 Å². The first-order chi connectivity index (χ1) is 8.21. The van der Waals surface area contributed by atoms with E-state index in [1.54, 1.807) is 6.92 Å². The van der Waals surface area contributed by atoms with E-state index in [1.807, 2.05) is 0 Å². The number of amides is 1. The van der Waals surface area contributed by atoms with Crippen molar-refractivity contribution in [2.75, 3.05) is 20.8 Å². The predicted octanol–water partition coefficient (Wildman–Crippen LogP) is 2.50. The average molecular weight is 293 g/mol. The number of hydrogen-bond acceptors (Lipinski definition) is 5. The third kappa shape index (κ3) is 4.83. The molecule has 1 amide bonds. The van der Waals surface area contributed by atoms with Gasteiger partial charge in [0, 0.05) is 20.8 Å². The predicted molar refractivity (Wildman–Crippen MR) is 56.2 cm³/mol. The number of carbonyl (C=O) groups excluding carboxylic acids is 1. The summed E-state index contributed by atoms with van der Waals surface area (Å²) in [5.74, 6) is -2.96. The Bertz CT molecular complexity index is 314. The molecule has 0 rings (SSSR count). The van der Waals surface area contributed by atoms with Gasteiger partial charge in [-0.2, -0.15) is 13.2 Å². The molecule has 0 aromatic carbocycles. The van der Waals surface area contributed by atoms with Crippen molar-refractivity contribution >= 4 is 13.7 Å². The fourth-order valence-electron chi connectivity index (χ4n) is 0.947. The second-order valence-electron chi connectivity index (χ2n) is 3.13. The summed E-state index contributed by atoms with van der Waals surface area (Å²) >= 11 is 0. The highest BCUT2D eigenvalue weighted by molar-refractivity contribution is 7.54. The molecule has 1 N–H and O–H groups in total. The van der Waals surface area contributed by atoms with Crippen molar-refractivity contribution in [3.8, 4) is 0 Å². The normalized spacial score (nSPS) is 14.1. The topological polar surface area (TPSA) is 73.9 Å². The molecule has 1 atom stereocenters. The minimum Gasteiger partial charge on any atom is -0.423 e. The van der Waals surface area contributed by atoms with E-state index in [1.165, 1.54) is 0 Å². The molecule has 108 valence electrons. The molecule has 0 heterocycles. The maximum atomic E-state index is 12.6. The molecule has 0 aliphatic carbocycles. The third-order valence-electron chi connectivity index (χ3n) is 1.81. The highest BCUT2D eigenvalue weighted by Gasteiger charge is 2.56. The van der Waals surface area contributed by atoms with Crippen LogP contribution in [-0.4, -0.2) is 38.9 Å². The van der Waals surface area contributed by atoms with Gasteiger partial charge in [-0.15, -0.1) is 0 Å². The number of halogens is 3. The molecule has 0 aromatic rings. The van der Waals surface area contributed by atoms with Crippen LogP contribution in [0.2, 0.25) is 0 Å². The molecule has 0 spiro atoms. The van der Waals surface area contributed by atoms with Gasteiger partial charge in [-0.05, 0) is 6.42 Å². The molecule has 0 aromatic heterocycles. The van der Waals surface area contributed by atoms with Gasteiger partial charge < -0.3 is 19.1 Å². The fourth-order valence-corrected chi connectivity index (χ4v) is 2.06. The maximum absolute atomic E-state index is 12.6. The number of ether oxygens (including phenoxy) is 1. The first-order valence-electron chi connectivity index (χ1n) is 4.93. The molecule has 0 bridgehead atoms. The summed E-state index contributed by atoms with van der Waals surface area (Å²) in [6.07, 6.45) is -5.89. The van der Waals surface area contributed by atoms with Crippen molar-refractivity contribution < 1.29 is 36.3 Å². The van der Waals surface area contributed by atoms with E-state index in [4.69, 9.17) is 0 Å². The second-order valence-corrected chi connectivity index (χ2v) is 5.41. The Morgan fingerprint density at radius 3 is 2.17 bits per heavy atom. The van der Waals surface area contributed by atoms with Gasteiger partial charge in [-0.3, -0.25) is 4.57 Å². The molecule has 0 saturated carbocycles. The molecule has 18 heavy (non-hydrogen) atoms. The lowest BCUT2D eigenvalue weighted by Crippen LogP contribution is -2.38. The van der Waals surface area contributed by atoms with Crippen molar-refractivity contribution in [3.63, 3.8) is 0 Å². The van der Waals surface area contributed by atoms with Gasteiger partial charge in [-0.1, -0.05) is 6.92 Å². The van der Waals surface area contributed by atoms with Gasteiger partial charge in [0.2, 0.25) is 0 Å². The Kier molecular flexibility index (Phi) is 6.66. The third-order valence-corrected chi connectivity index (χ3v) is 3.80.